The Morgan fingerprint density at radius 1 is 1.19 bits per heavy atom. The van der Waals surface area contributed by atoms with Gasteiger partial charge < -0.3 is 13.9 Å². The van der Waals surface area contributed by atoms with E-state index in [0.29, 0.717) is 19.6 Å². The number of aryl methyl sites for hydroxylation is 1. The van der Waals surface area contributed by atoms with E-state index in [9.17, 15) is 9.59 Å². The third kappa shape index (κ3) is 3.60. The lowest BCUT2D eigenvalue weighted by Crippen LogP contribution is -2.52. The van der Waals surface area contributed by atoms with Gasteiger partial charge in [0, 0.05) is 50.1 Å². The Balaban J connectivity index is 1.72. The predicted molar refractivity (Wildman–Crippen MR) is 99.3 cm³/mol. The molecule has 1 atom stereocenters. The minimum Gasteiger partial charge on any atom is -0.467 e. The van der Waals surface area contributed by atoms with Crippen LogP contribution in [-0.2, 0) is 11.3 Å². The zero-order valence-electron chi connectivity index (χ0n) is 16.0. The number of amides is 1. The molecule has 3 rings (SSSR count). The maximum Gasteiger partial charge on any atom is 0.219 e. The summed E-state index contributed by atoms with van der Waals surface area (Å²) in [4.78, 5) is 28.6. The molecule has 0 aromatic carbocycles. The maximum absolute atomic E-state index is 13.1. The second-order valence-corrected chi connectivity index (χ2v) is 7.03. The number of hydrogen-bond donors (Lipinski definition) is 0. The first-order valence-corrected chi connectivity index (χ1v) is 9.11. The van der Waals surface area contributed by atoms with E-state index >= 15 is 0 Å². The molecule has 0 saturated carbocycles. The highest BCUT2D eigenvalue weighted by Crippen LogP contribution is 2.21. The second-order valence-electron chi connectivity index (χ2n) is 7.03. The van der Waals surface area contributed by atoms with Crippen LogP contribution < -0.4 is 0 Å². The third-order valence-corrected chi connectivity index (χ3v) is 5.42. The Hall–Kier alpha value is -2.34. The van der Waals surface area contributed by atoms with E-state index in [-0.39, 0.29) is 17.7 Å². The predicted octanol–water partition coefficient (Wildman–Crippen LogP) is 2.48. The van der Waals surface area contributed by atoms with Gasteiger partial charge in [0.2, 0.25) is 5.91 Å². The normalized spacial score (nSPS) is 16.7. The number of aromatic nitrogens is 1. The van der Waals surface area contributed by atoms with Crippen LogP contribution >= 0.6 is 0 Å². The molecule has 6 nitrogen and oxygen atoms in total. The lowest BCUT2D eigenvalue weighted by atomic mass is 10.0. The van der Waals surface area contributed by atoms with Crippen LogP contribution in [-0.4, -0.2) is 58.3 Å². The monoisotopic (exact) mass is 357 g/mol. The molecule has 2 aromatic heterocycles. The Bertz CT molecular complexity index is 784. The van der Waals surface area contributed by atoms with Gasteiger partial charge in [-0.25, -0.2) is 0 Å². The fraction of sp³-hybridized carbons (Fsp3) is 0.500. The highest BCUT2D eigenvalue weighted by atomic mass is 16.3. The topological polar surface area (TPSA) is 58.7 Å². The van der Waals surface area contributed by atoms with Crippen molar-refractivity contribution in [2.75, 3.05) is 26.2 Å². The van der Waals surface area contributed by atoms with Crippen LogP contribution in [0, 0.1) is 13.8 Å². The van der Waals surface area contributed by atoms with Crippen molar-refractivity contribution in [2.24, 2.45) is 0 Å². The van der Waals surface area contributed by atoms with Crippen molar-refractivity contribution in [1.82, 2.24) is 14.4 Å². The van der Waals surface area contributed by atoms with Crippen LogP contribution in [0.3, 0.4) is 0 Å². The molecule has 1 aliphatic heterocycles. The Labute approximate surface area is 154 Å². The molecular weight excluding hydrogens is 330 g/mol. The number of ketones is 1. The van der Waals surface area contributed by atoms with Crippen LogP contribution in [0.4, 0.5) is 0 Å². The summed E-state index contributed by atoms with van der Waals surface area (Å²) >= 11 is 0. The summed E-state index contributed by atoms with van der Waals surface area (Å²) < 4.78 is 7.56. The van der Waals surface area contributed by atoms with Gasteiger partial charge in [0.15, 0.2) is 5.78 Å². The highest BCUT2D eigenvalue weighted by Gasteiger charge is 2.29. The van der Waals surface area contributed by atoms with E-state index in [1.165, 1.54) is 0 Å². The molecule has 6 heteroatoms. The molecule has 26 heavy (non-hydrogen) atoms. The summed E-state index contributed by atoms with van der Waals surface area (Å²) in [7, 11) is 0. The van der Waals surface area contributed by atoms with Gasteiger partial charge in [0.25, 0.3) is 0 Å². The number of carbonyl (C=O) groups is 2. The van der Waals surface area contributed by atoms with Gasteiger partial charge in [-0.15, -0.1) is 0 Å². The van der Waals surface area contributed by atoms with Gasteiger partial charge in [-0.2, -0.15) is 0 Å². The van der Waals surface area contributed by atoms with Crippen molar-refractivity contribution >= 4 is 11.7 Å². The Morgan fingerprint density at radius 2 is 1.88 bits per heavy atom. The summed E-state index contributed by atoms with van der Waals surface area (Å²) in [5.74, 6) is 1.12. The molecule has 0 bridgehead atoms. The standard InChI is InChI=1S/C20H27N3O3/c1-14-12-19(15(2)23(14)13-18-6-5-11-26-18)20(25)16(3)21-7-9-22(10-8-21)17(4)24/h5-6,11-12,16H,7-10,13H2,1-4H3/t16-/m0/s1. The first-order valence-electron chi connectivity index (χ1n) is 9.11. The number of Topliss-reactive ketones (excluding diaryl/α,β-unsaturated/α-hetero) is 1. The van der Waals surface area contributed by atoms with Gasteiger partial charge in [-0.05, 0) is 39.0 Å². The van der Waals surface area contributed by atoms with Crippen molar-refractivity contribution in [1.29, 1.82) is 0 Å². The van der Waals surface area contributed by atoms with E-state index in [4.69, 9.17) is 4.42 Å². The summed E-state index contributed by atoms with van der Waals surface area (Å²) in [5.41, 5.74) is 2.80. The summed E-state index contributed by atoms with van der Waals surface area (Å²) in [6, 6.07) is 5.60. The van der Waals surface area contributed by atoms with E-state index in [0.717, 1.165) is 35.8 Å². The smallest absolute Gasteiger partial charge is 0.219 e. The molecule has 0 aliphatic carbocycles. The molecule has 140 valence electrons. The van der Waals surface area contributed by atoms with Crippen molar-refractivity contribution in [3.63, 3.8) is 0 Å². The van der Waals surface area contributed by atoms with E-state index in [2.05, 4.69) is 9.47 Å². The van der Waals surface area contributed by atoms with E-state index in [1.807, 2.05) is 43.9 Å². The molecule has 1 amide bonds. The molecule has 0 spiro atoms. The van der Waals surface area contributed by atoms with Gasteiger partial charge in [-0.3, -0.25) is 14.5 Å². The Kier molecular flexibility index (Phi) is 5.32. The summed E-state index contributed by atoms with van der Waals surface area (Å²) in [5, 5.41) is 0. The van der Waals surface area contributed by atoms with Crippen LogP contribution in [0.5, 0.6) is 0 Å². The molecule has 0 N–H and O–H groups in total. The molecule has 0 radical (unpaired) electrons. The van der Waals surface area contributed by atoms with Gasteiger partial charge in [0.1, 0.15) is 5.76 Å². The molecule has 0 unspecified atom stereocenters. The fourth-order valence-corrected chi connectivity index (χ4v) is 3.67. The maximum atomic E-state index is 13.1. The minimum atomic E-state index is -0.193. The van der Waals surface area contributed by atoms with E-state index in [1.54, 1.807) is 13.2 Å². The highest BCUT2D eigenvalue weighted by molar-refractivity contribution is 6.01. The second kappa shape index (κ2) is 7.50. The SMILES string of the molecule is CC(=O)N1CCN([C@@H](C)C(=O)c2cc(C)n(Cc3ccco3)c2C)CC1. The first kappa shape index (κ1) is 18.5. The van der Waals surface area contributed by atoms with Crippen molar-refractivity contribution < 1.29 is 14.0 Å². The zero-order chi connectivity index (χ0) is 18.8. The van der Waals surface area contributed by atoms with Crippen molar-refractivity contribution in [2.45, 2.75) is 40.3 Å². The largest absolute Gasteiger partial charge is 0.467 e. The molecule has 3 heterocycles. The Morgan fingerprint density at radius 3 is 2.46 bits per heavy atom. The molecule has 1 fully saturated rings. The van der Waals surface area contributed by atoms with E-state index < -0.39 is 0 Å². The quantitative estimate of drug-likeness (QED) is 0.772. The fourth-order valence-electron chi connectivity index (χ4n) is 3.67. The average Bonchev–Trinajstić information content (AvgIpc) is 3.24. The molecule has 2 aromatic rings. The lowest BCUT2D eigenvalue weighted by Gasteiger charge is -2.37. The lowest BCUT2D eigenvalue weighted by molar-refractivity contribution is -0.130. The molecular formula is C20H27N3O3. The molecule has 1 aliphatic rings. The van der Waals surface area contributed by atoms with Crippen LogP contribution in [0.1, 0.15) is 41.4 Å². The number of carbonyl (C=O) groups excluding carboxylic acids is 2. The van der Waals surface area contributed by atoms with Crippen molar-refractivity contribution in [3.05, 3.63) is 47.2 Å². The molecule has 1 saturated heterocycles. The van der Waals surface area contributed by atoms with Crippen LogP contribution in [0.15, 0.2) is 28.9 Å². The third-order valence-electron chi connectivity index (χ3n) is 5.42. The summed E-state index contributed by atoms with van der Waals surface area (Å²) in [6.45, 7) is 11.0. The number of piperazine rings is 1. The van der Waals surface area contributed by atoms with Gasteiger partial charge in [-0.1, -0.05) is 0 Å². The zero-order valence-corrected chi connectivity index (χ0v) is 16.0. The van der Waals surface area contributed by atoms with Gasteiger partial charge >= 0.3 is 0 Å². The van der Waals surface area contributed by atoms with Crippen molar-refractivity contribution in [3.8, 4) is 0 Å². The average molecular weight is 357 g/mol. The minimum absolute atomic E-state index is 0.102. The van der Waals surface area contributed by atoms with Crippen LogP contribution in [0.2, 0.25) is 0 Å². The summed E-state index contributed by atoms with van der Waals surface area (Å²) in [6.07, 6.45) is 1.67. The number of furan rings is 1. The van der Waals surface area contributed by atoms with Gasteiger partial charge in [0.05, 0.1) is 18.8 Å². The number of hydrogen-bond acceptors (Lipinski definition) is 4. The number of nitrogens with zero attached hydrogens (tertiary/aromatic N) is 3. The first-order chi connectivity index (χ1) is 12.4. The van der Waals surface area contributed by atoms with Crippen LogP contribution in [0.25, 0.3) is 0 Å². The number of rotatable bonds is 5.